The number of hydrogen-bond donors (Lipinski definition) is 1. The molecule has 150 valence electrons. The molecule has 0 atom stereocenters. The first-order valence-corrected chi connectivity index (χ1v) is 8.84. The molecule has 1 aliphatic rings. The molecule has 1 aliphatic carbocycles. The molecule has 0 aromatic carbocycles. The van der Waals surface area contributed by atoms with Crippen LogP contribution in [0.3, 0.4) is 0 Å². The van der Waals surface area contributed by atoms with Crippen LogP contribution in [0.5, 0.6) is 0 Å². The van der Waals surface area contributed by atoms with E-state index in [0.29, 0.717) is 6.04 Å². The minimum Gasteiger partial charge on any atom is -0.346 e. The van der Waals surface area contributed by atoms with Crippen molar-refractivity contribution in [2.24, 2.45) is 0 Å². The Morgan fingerprint density at radius 3 is 2.66 bits per heavy atom. The van der Waals surface area contributed by atoms with Crippen molar-refractivity contribution in [2.45, 2.75) is 37.9 Å². The number of nitrogens with one attached hydrogen (secondary N) is 1. The van der Waals surface area contributed by atoms with Gasteiger partial charge in [0, 0.05) is 29.4 Å². The topological polar surface area (TPSA) is 100 Å². The number of aromatic amines is 1. The van der Waals surface area contributed by atoms with Crippen molar-refractivity contribution in [2.75, 3.05) is 0 Å². The summed E-state index contributed by atoms with van der Waals surface area (Å²) in [6, 6.07) is 4.51. The van der Waals surface area contributed by atoms with Crippen LogP contribution in [0.4, 0.5) is 13.2 Å². The van der Waals surface area contributed by atoms with Crippen molar-refractivity contribution >= 4 is 17.3 Å². The van der Waals surface area contributed by atoms with E-state index in [-0.39, 0.29) is 0 Å². The van der Waals surface area contributed by atoms with Crippen LogP contribution < -0.4 is 0 Å². The molecule has 7 nitrogen and oxygen atoms in total. The molecule has 4 rings (SSSR count). The fourth-order valence-corrected chi connectivity index (χ4v) is 3.24. The van der Waals surface area contributed by atoms with E-state index in [1.54, 1.807) is 12.4 Å². The SMILES string of the molecule is N#CC=C1CCC(n2cc(-c3ncnc4[nH]ccc34)cn2)CC1.O=CC(F)(F)F. The molecule has 0 amide bonds. The Balaban J connectivity index is 0.000000353. The number of nitriles is 1. The Morgan fingerprint density at radius 2 is 2.00 bits per heavy atom. The number of hydrogen-bond acceptors (Lipinski definition) is 5. The molecule has 0 bridgehead atoms. The zero-order valence-corrected chi connectivity index (χ0v) is 15.2. The molecule has 1 fully saturated rings. The first-order chi connectivity index (χ1) is 13.9. The molecule has 0 unspecified atom stereocenters. The molecule has 10 heteroatoms. The summed E-state index contributed by atoms with van der Waals surface area (Å²) < 4.78 is 33.3. The largest absolute Gasteiger partial charge is 0.446 e. The third-order valence-corrected chi connectivity index (χ3v) is 4.60. The van der Waals surface area contributed by atoms with Crippen molar-refractivity contribution in [3.05, 3.63) is 42.6 Å². The number of carbonyl (C=O) groups excluding carboxylic acids is 1. The average molecular weight is 402 g/mol. The van der Waals surface area contributed by atoms with Crippen LogP contribution in [0.15, 0.2) is 42.6 Å². The second kappa shape index (κ2) is 8.68. The highest BCUT2D eigenvalue weighted by atomic mass is 19.4. The summed E-state index contributed by atoms with van der Waals surface area (Å²) in [7, 11) is 0. The molecule has 3 heterocycles. The number of fused-ring (bicyclic) bond motifs is 1. The Kier molecular flexibility index (Phi) is 6.07. The maximum Gasteiger partial charge on any atom is 0.446 e. The number of aromatic nitrogens is 5. The van der Waals surface area contributed by atoms with Gasteiger partial charge in [-0.3, -0.25) is 9.48 Å². The summed E-state index contributed by atoms with van der Waals surface area (Å²) in [4.78, 5) is 20.4. The van der Waals surface area contributed by atoms with E-state index >= 15 is 0 Å². The summed E-state index contributed by atoms with van der Waals surface area (Å²) in [5.74, 6) is 0. The van der Waals surface area contributed by atoms with E-state index in [9.17, 15) is 13.2 Å². The van der Waals surface area contributed by atoms with E-state index in [1.807, 2.05) is 23.1 Å². The van der Waals surface area contributed by atoms with Crippen LogP contribution in [0, 0.1) is 11.3 Å². The summed E-state index contributed by atoms with van der Waals surface area (Å²) in [6.45, 7) is 0. The van der Waals surface area contributed by atoms with Crippen LogP contribution in [0.25, 0.3) is 22.3 Å². The van der Waals surface area contributed by atoms with Gasteiger partial charge < -0.3 is 4.98 Å². The van der Waals surface area contributed by atoms with Gasteiger partial charge in [-0.15, -0.1) is 0 Å². The van der Waals surface area contributed by atoms with Gasteiger partial charge in [0.25, 0.3) is 0 Å². The summed E-state index contributed by atoms with van der Waals surface area (Å²) in [6.07, 6.45) is 7.37. The third-order valence-electron chi connectivity index (χ3n) is 4.60. The molecule has 3 aromatic rings. The highest BCUT2D eigenvalue weighted by Gasteiger charge is 2.25. The number of alkyl halides is 3. The minimum atomic E-state index is -4.64. The molecule has 3 aromatic heterocycles. The Hall–Kier alpha value is -3.48. The standard InChI is InChI=1S/C17H16N6.C2HF3O/c18-7-5-12-1-3-14(4-2-12)23-10-13(9-22-23)16-15-6-8-19-17(15)21-11-20-16;3-2(4,5)1-6/h5-6,8-11,14H,1-4H2,(H,19,20,21);1H. The van der Waals surface area contributed by atoms with Crippen molar-refractivity contribution in [1.29, 1.82) is 5.26 Å². The van der Waals surface area contributed by atoms with E-state index in [4.69, 9.17) is 10.1 Å². The highest BCUT2D eigenvalue weighted by molar-refractivity contribution is 5.89. The summed E-state index contributed by atoms with van der Waals surface area (Å²) >= 11 is 0. The van der Waals surface area contributed by atoms with Crippen LogP contribution in [-0.4, -0.2) is 37.2 Å². The number of rotatable bonds is 2. The van der Waals surface area contributed by atoms with Gasteiger partial charge in [0.2, 0.25) is 6.29 Å². The van der Waals surface area contributed by atoms with Crippen molar-refractivity contribution in [3.63, 3.8) is 0 Å². The summed E-state index contributed by atoms with van der Waals surface area (Å²) in [5, 5.41) is 14.3. The second-order valence-corrected chi connectivity index (χ2v) is 6.49. The van der Waals surface area contributed by atoms with E-state index in [2.05, 4.69) is 32.3 Å². The first-order valence-electron chi connectivity index (χ1n) is 8.84. The Labute approximate surface area is 163 Å². The normalized spacial score (nSPS) is 16.6. The Bertz CT molecular complexity index is 1050. The molecule has 0 aliphatic heterocycles. The van der Waals surface area contributed by atoms with E-state index in [1.165, 1.54) is 5.57 Å². The quantitative estimate of drug-likeness (QED) is 0.513. The number of nitrogens with zero attached hydrogens (tertiary/aromatic N) is 5. The zero-order chi connectivity index (χ0) is 20.9. The molecule has 0 spiro atoms. The minimum absolute atomic E-state index is 0.392. The first kappa shape index (κ1) is 20.3. The predicted octanol–water partition coefficient (Wildman–Crippen LogP) is 4.13. The van der Waals surface area contributed by atoms with Gasteiger partial charge in [-0.05, 0) is 31.7 Å². The fourth-order valence-electron chi connectivity index (χ4n) is 3.24. The molecule has 1 N–H and O–H groups in total. The number of halogens is 3. The highest BCUT2D eigenvalue weighted by Crippen LogP contribution is 2.32. The number of carbonyl (C=O) groups is 1. The predicted molar refractivity (Wildman–Crippen MR) is 98.4 cm³/mol. The molecular weight excluding hydrogens is 385 g/mol. The number of allylic oxidation sites excluding steroid dienone is 2. The molecule has 0 saturated heterocycles. The lowest BCUT2D eigenvalue weighted by Gasteiger charge is -2.23. The van der Waals surface area contributed by atoms with Gasteiger partial charge in [-0.1, -0.05) is 5.57 Å². The van der Waals surface area contributed by atoms with Gasteiger partial charge in [0.1, 0.15) is 12.0 Å². The van der Waals surface area contributed by atoms with Crippen LogP contribution in [0.1, 0.15) is 31.7 Å². The van der Waals surface area contributed by atoms with Crippen LogP contribution >= 0.6 is 0 Å². The lowest BCUT2D eigenvalue weighted by Crippen LogP contribution is -2.14. The Morgan fingerprint density at radius 1 is 1.28 bits per heavy atom. The van der Waals surface area contributed by atoms with Gasteiger partial charge in [-0.2, -0.15) is 23.5 Å². The number of H-pyrrole nitrogens is 1. The van der Waals surface area contributed by atoms with Crippen molar-refractivity contribution in [1.82, 2.24) is 24.7 Å². The third kappa shape index (κ3) is 5.07. The number of aldehydes is 1. The monoisotopic (exact) mass is 402 g/mol. The fraction of sp³-hybridized carbons (Fsp3) is 0.316. The van der Waals surface area contributed by atoms with E-state index in [0.717, 1.165) is 48.0 Å². The molecule has 0 radical (unpaired) electrons. The summed E-state index contributed by atoms with van der Waals surface area (Å²) in [5.41, 5.74) is 4.01. The van der Waals surface area contributed by atoms with Crippen molar-refractivity contribution in [3.8, 4) is 17.3 Å². The zero-order valence-electron chi connectivity index (χ0n) is 15.2. The molecular formula is C19H17F3N6O. The van der Waals surface area contributed by atoms with Gasteiger partial charge in [0.15, 0.2) is 0 Å². The lowest BCUT2D eigenvalue weighted by atomic mass is 9.91. The molecule has 29 heavy (non-hydrogen) atoms. The van der Waals surface area contributed by atoms with Gasteiger partial charge in [-0.25, -0.2) is 9.97 Å². The van der Waals surface area contributed by atoms with E-state index < -0.39 is 12.5 Å². The van der Waals surface area contributed by atoms with Gasteiger partial charge in [0.05, 0.1) is 24.0 Å². The van der Waals surface area contributed by atoms with Crippen LogP contribution in [0.2, 0.25) is 0 Å². The smallest absolute Gasteiger partial charge is 0.346 e. The molecule has 1 saturated carbocycles. The second-order valence-electron chi connectivity index (χ2n) is 6.49. The van der Waals surface area contributed by atoms with Crippen LogP contribution in [-0.2, 0) is 4.79 Å². The maximum absolute atomic E-state index is 10.4. The lowest BCUT2D eigenvalue weighted by molar-refractivity contribution is -0.156. The average Bonchev–Trinajstić information content (AvgIpc) is 3.38. The van der Waals surface area contributed by atoms with Crippen molar-refractivity contribution < 1.29 is 18.0 Å². The van der Waals surface area contributed by atoms with Gasteiger partial charge >= 0.3 is 6.18 Å². The maximum atomic E-state index is 10.4.